The zero-order valence-corrected chi connectivity index (χ0v) is 12.5. The zero-order valence-electron chi connectivity index (χ0n) is 12.5. The van der Waals surface area contributed by atoms with Crippen molar-refractivity contribution >= 4 is 23.2 Å². The van der Waals surface area contributed by atoms with Crippen molar-refractivity contribution in [3.63, 3.8) is 0 Å². The van der Waals surface area contributed by atoms with Gasteiger partial charge >= 0.3 is 0 Å². The summed E-state index contributed by atoms with van der Waals surface area (Å²) in [6, 6.07) is 13.1. The summed E-state index contributed by atoms with van der Waals surface area (Å²) >= 11 is 0. The summed E-state index contributed by atoms with van der Waals surface area (Å²) in [4.78, 5) is 23.6. The van der Waals surface area contributed by atoms with Gasteiger partial charge in [0.2, 0.25) is 5.91 Å². The van der Waals surface area contributed by atoms with E-state index in [9.17, 15) is 14.7 Å². The van der Waals surface area contributed by atoms with Gasteiger partial charge in [0.15, 0.2) is 0 Å². The first kappa shape index (κ1) is 15.6. The lowest BCUT2D eigenvalue weighted by Gasteiger charge is -2.10. The van der Waals surface area contributed by atoms with Crippen LogP contribution in [0.3, 0.4) is 0 Å². The number of phenolic OH excluding ortho intramolecular Hbond substituents is 1. The molecule has 0 radical (unpaired) electrons. The Balaban J connectivity index is 2.04. The number of hydrogen-bond donors (Lipinski definition) is 3. The van der Waals surface area contributed by atoms with E-state index in [-0.39, 0.29) is 23.1 Å². The molecule has 0 aliphatic rings. The van der Waals surface area contributed by atoms with E-state index in [1.165, 1.54) is 6.07 Å². The molecule has 0 unspecified atom stereocenters. The van der Waals surface area contributed by atoms with Crippen molar-refractivity contribution in [1.82, 2.24) is 0 Å². The third-order valence-electron chi connectivity index (χ3n) is 3.08. The Morgan fingerprint density at radius 3 is 2.00 bits per heavy atom. The van der Waals surface area contributed by atoms with Gasteiger partial charge in [-0.1, -0.05) is 26.0 Å². The average Bonchev–Trinajstić information content (AvgIpc) is 2.49. The highest BCUT2D eigenvalue weighted by Crippen LogP contribution is 2.19. The van der Waals surface area contributed by atoms with Gasteiger partial charge in [-0.15, -0.1) is 0 Å². The molecule has 2 aromatic carbocycles. The van der Waals surface area contributed by atoms with Crippen LogP contribution in [0.4, 0.5) is 11.4 Å². The Kier molecular flexibility index (Phi) is 4.78. The first-order valence-corrected chi connectivity index (χ1v) is 6.97. The number of hydrogen-bond acceptors (Lipinski definition) is 3. The fraction of sp³-hybridized carbons (Fsp3) is 0.176. The molecule has 22 heavy (non-hydrogen) atoms. The molecule has 0 atom stereocenters. The summed E-state index contributed by atoms with van der Waals surface area (Å²) in [7, 11) is 0. The number of carbonyl (C=O) groups excluding carboxylic acids is 2. The SMILES string of the molecule is CC(C)C(=O)Nc1ccc(NC(=O)c2ccccc2O)cc1. The van der Waals surface area contributed by atoms with Gasteiger partial charge in [0.25, 0.3) is 5.91 Å². The van der Waals surface area contributed by atoms with Crippen molar-refractivity contribution in [3.05, 3.63) is 54.1 Å². The second-order valence-electron chi connectivity index (χ2n) is 5.19. The highest BCUT2D eigenvalue weighted by molar-refractivity contribution is 6.06. The van der Waals surface area contributed by atoms with Crippen LogP contribution in [0.5, 0.6) is 5.75 Å². The number of aromatic hydroxyl groups is 1. The van der Waals surface area contributed by atoms with Crippen LogP contribution in [-0.2, 0) is 4.79 Å². The predicted molar refractivity (Wildman–Crippen MR) is 86.0 cm³/mol. The van der Waals surface area contributed by atoms with E-state index in [1.807, 2.05) is 13.8 Å². The van der Waals surface area contributed by atoms with Gasteiger partial charge in [0, 0.05) is 17.3 Å². The van der Waals surface area contributed by atoms with E-state index >= 15 is 0 Å². The topological polar surface area (TPSA) is 78.4 Å². The predicted octanol–water partition coefficient (Wildman–Crippen LogP) is 3.24. The molecule has 5 nitrogen and oxygen atoms in total. The van der Waals surface area contributed by atoms with Gasteiger partial charge in [0.1, 0.15) is 5.75 Å². The lowest BCUT2D eigenvalue weighted by atomic mass is 10.1. The molecule has 0 heterocycles. The molecule has 3 N–H and O–H groups in total. The van der Waals surface area contributed by atoms with Crippen LogP contribution in [0.25, 0.3) is 0 Å². The third-order valence-corrected chi connectivity index (χ3v) is 3.08. The van der Waals surface area contributed by atoms with Crippen LogP contribution in [0.2, 0.25) is 0 Å². The van der Waals surface area contributed by atoms with E-state index < -0.39 is 5.91 Å². The van der Waals surface area contributed by atoms with Crippen molar-refractivity contribution in [2.75, 3.05) is 10.6 Å². The molecular weight excluding hydrogens is 280 g/mol. The largest absolute Gasteiger partial charge is 0.507 e. The van der Waals surface area contributed by atoms with Crippen molar-refractivity contribution in [2.24, 2.45) is 5.92 Å². The fourth-order valence-electron chi connectivity index (χ4n) is 1.79. The first-order valence-electron chi connectivity index (χ1n) is 6.97. The van der Waals surface area contributed by atoms with Crippen LogP contribution in [0.1, 0.15) is 24.2 Å². The lowest BCUT2D eigenvalue weighted by molar-refractivity contribution is -0.118. The highest BCUT2D eigenvalue weighted by atomic mass is 16.3. The summed E-state index contributed by atoms with van der Waals surface area (Å²) in [5.41, 5.74) is 1.45. The highest BCUT2D eigenvalue weighted by Gasteiger charge is 2.11. The van der Waals surface area contributed by atoms with Gasteiger partial charge in [-0.3, -0.25) is 9.59 Å². The Morgan fingerprint density at radius 2 is 1.45 bits per heavy atom. The van der Waals surface area contributed by atoms with Gasteiger partial charge in [-0.25, -0.2) is 0 Å². The van der Waals surface area contributed by atoms with E-state index in [4.69, 9.17) is 0 Å². The molecule has 2 rings (SSSR count). The minimum atomic E-state index is -0.392. The maximum absolute atomic E-state index is 12.0. The summed E-state index contributed by atoms with van der Waals surface area (Å²) in [5, 5.41) is 15.1. The van der Waals surface area contributed by atoms with Crippen molar-refractivity contribution in [3.8, 4) is 5.75 Å². The van der Waals surface area contributed by atoms with Crippen LogP contribution in [0, 0.1) is 5.92 Å². The smallest absolute Gasteiger partial charge is 0.259 e. The Labute approximate surface area is 129 Å². The second-order valence-corrected chi connectivity index (χ2v) is 5.19. The van der Waals surface area contributed by atoms with Gasteiger partial charge in [-0.05, 0) is 36.4 Å². The molecule has 0 bridgehead atoms. The normalized spacial score (nSPS) is 10.3. The number of phenols is 1. The molecule has 5 heteroatoms. The number of anilines is 2. The van der Waals surface area contributed by atoms with Gasteiger partial charge in [0.05, 0.1) is 5.56 Å². The molecule has 0 fully saturated rings. The number of carbonyl (C=O) groups is 2. The minimum Gasteiger partial charge on any atom is -0.507 e. The summed E-state index contributed by atoms with van der Waals surface area (Å²) in [5.74, 6) is -0.621. The number of para-hydroxylation sites is 1. The van der Waals surface area contributed by atoms with Gasteiger partial charge in [-0.2, -0.15) is 0 Å². The Hall–Kier alpha value is -2.82. The first-order chi connectivity index (χ1) is 10.5. The number of nitrogens with one attached hydrogen (secondary N) is 2. The molecular formula is C17H18N2O3. The van der Waals surface area contributed by atoms with E-state index in [0.29, 0.717) is 11.4 Å². The summed E-state index contributed by atoms with van der Waals surface area (Å²) < 4.78 is 0. The van der Waals surface area contributed by atoms with E-state index in [2.05, 4.69) is 10.6 Å². The standard InChI is InChI=1S/C17H18N2O3/c1-11(2)16(21)18-12-7-9-13(10-8-12)19-17(22)14-5-3-4-6-15(14)20/h3-11,20H,1-2H3,(H,18,21)(H,19,22). The van der Waals surface area contributed by atoms with Gasteiger partial charge < -0.3 is 15.7 Å². The monoisotopic (exact) mass is 298 g/mol. The number of benzene rings is 2. The molecule has 2 amide bonds. The molecule has 0 saturated carbocycles. The van der Waals surface area contributed by atoms with Crippen LogP contribution in [-0.4, -0.2) is 16.9 Å². The molecule has 0 aliphatic carbocycles. The van der Waals surface area contributed by atoms with E-state index in [1.54, 1.807) is 42.5 Å². The minimum absolute atomic E-state index is 0.0639. The van der Waals surface area contributed by atoms with E-state index in [0.717, 1.165) is 0 Å². The van der Waals surface area contributed by atoms with Crippen LogP contribution < -0.4 is 10.6 Å². The summed E-state index contributed by atoms with van der Waals surface area (Å²) in [6.45, 7) is 3.63. The quantitative estimate of drug-likeness (QED) is 0.810. The third kappa shape index (κ3) is 3.85. The molecule has 0 saturated heterocycles. The Bertz CT molecular complexity index is 679. The Morgan fingerprint density at radius 1 is 0.909 bits per heavy atom. The average molecular weight is 298 g/mol. The van der Waals surface area contributed by atoms with Crippen molar-refractivity contribution < 1.29 is 14.7 Å². The van der Waals surface area contributed by atoms with Crippen molar-refractivity contribution in [2.45, 2.75) is 13.8 Å². The number of rotatable bonds is 4. The molecule has 0 aliphatic heterocycles. The number of amides is 2. The molecule has 114 valence electrons. The lowest BCUT2D eigenvalue weighted by Crippen LogP contribution is -2.17. The summed E-state index contributed by atoms with van der Waals surface area (Å²) in [6.07, 6.45) is 0. The zero-order chi connectivity index (χ0) is 16.1. The maximum atomic E-state index is 12.0. The van der Waals surface area contributed by atoms with Crippen LogP contribution >= 0.6 is 0 Å². The molecule has 2 aromatic rings. The molecule has 0 aromatic heterocycles. The van der Waals surface area contributed by atoms with Crippen LogP contribution in [0.15, 0.2) is 48.5 Å². The molecule has 0 spiro atoms. The fourth-order valence-corrected chi connectivity index (χ4v) is 1.79. The maximum Gasteiger partial charge on any atom is 0.259 e. The van der Waals surface area contributed by atoms with Crippen molar-refractivity contribution in [1.29, 1.82) is 0 Å². The second kappa shape index (κ2) is 6.76.